The van der Waals surface area contributed by atoms with Gasteiger partial charge in [-0.25, -0.2) is 4.98 Å². The molecule has 0 bridgehead atoms. The van der Waals surface area contributed by atoms with Gasteiger partial charge in [-0.2, -0.15) is 10.5 Å². The predicted molar refractivity (Wildman–Crippen MR) is 180 cm³/mol. The largest absolute Gasteiger partial charge is 0.370 e. The van der Waals surface area contributed by atoms with E-state index in [1.807, 2.05) is 6.07 Å². The van der Waals surface area contributed by atoms with Gasteiger partial charge in [0.1, 0.15) is 28.4 Å². The Morgan fingerprint density at radius 2 is 1.17 bits per heavy atom. The van der Waals surface area contributed by atoms with E-state index in [2.05, 4.69) is 38.5 Å². The maximum absolute atomic E-state index is 12.4. The summed E-state index contributed by atoms with van der Waals surface area (Å²) in [4.78, 5) is 37.7. The first kappa shape index (κ1) is 31.3. The number of piperidine rings is 2. The second-order valence-corrected chi connectivity index (χ2v) is 14.6. The van der Waals surface area contributed by atoms with E-state index in [4.69, 9.17) is 11.6 Å². The fraction of sp³-hybridized carbons (Fsp3) is 0.474. The smallest absolute Gasteiger partial charge is 0.179 e. The number of rotatable bonds is 3. The van der Waals surface area contributed by atoms with Gasteiger partial charge in [-0.05, 0) is 91.5 Å². The van der Waals surface area contributed by atoms with E-state index in [0.717, 1.165) is 91.2 Å². The van der Waals surface area contributed by atoms with Crippen LogP contribution in [0.4, 0.5) is 0 Å². The molecule has 0 aromatic carbocycles. The maximum atomic E-state index is 12.4. The fourth-order valence-corrected chi connectivity index (χ4v) is 8.66. The van der Waals surface area contributed by atoms with Crippen molar-refractivity contribution >= 4 is 40.6 Å². The van der Waals surface area contributed by atoms with E-state index in [0.29, 0.717) is 21.6 Å². The second kappa shape index (κ2) is 12.4. The van der Waals surface area contributed by atoms with E-state index < -0.39 is 0 Å². The quantitative estimate of drug-likeness (QED) is 0.338. The minimum Gasteiger partial charge on any atom is -0.370 e. The molecule has 8 rings (SSSR count). The number of fused-ring (bicyclic) bond motifs is 2. The van der Waals surface area contributed by atoms with Gasteiger partial charge in [0.05, 0.1) is 17.1 Å². The van der Waals surface area contributed by atoms with E-state index in [1.54, 1.807) is 24.5 Å². The molecule has 240 valence electrons. The highest BCUT2D eigenvalue weighted by Crippen LogP contribution is 2.51. The van der Waals surface area contributed by atoms with Crippen molar-refractivity contribution in [3.63, 3.8) is 0 Å². The fourth-order valence-electron chi connectivity index (χ4n) is 8.50. The third-order valence-electron chi connectivity index (χ3n) is 11.7. The zero-order chi connectivity index (χ0) is 32.8. The molecular weight excluding hydrogens is 608 g/mol. The van der Waals surface area contributed by atoms with Gasteiger partial charge >= 0.3 is 0 Å². The number of hydrogen-bond donors (Lipinski definition) is 0. The zero-order valence-corrected chi connectivity index (χ0v) is 27.5. The molecule has 4 fully saturated rings. The summed E-state index contributed by atoms with van der Waals surface area (Å²) in [6.45, 7) is 7.46. The van der Waals surface area contributed by atoms with E-state index in [-0.39, 0.29) is 30.0 Å². The average Bonchev–Trinajstić information content (AvgIpc) is 3.06. The Hall–Kier alpha value is -4.27. The number of aromatic nitrogens is 2. The van der Waals surface area contributed by atoms with E-state index in [9.17, 15) is 20.1 Å². The molecule has 9 heteroatoms. The maximum Gasteiger partial charge on any atom is 0.179 e. The number of carbonyl (C=O) groups is 2. The Morgan fingerprint density at radius 1 is 0.723 bits per heavy atom. The van der Waals surface area contributed by atoms with Crippen LogP contribution in [0.15, 0.2) is 42.3 Å². The van der Waals surface area contributed by atoms with Gasteiger partial charge in [0.2, 0.25) is 0 Å². The van der Waals surface area contributed by atoms with Crippen molar-refractivity contribution in [3.8, 4) is 12.1 Å². The van der Waals surface area contributed by atoms with Gasteiger partial charge in [-0.1, -0.05) is 31.0 Å². The third-order valence-corrected chi connectivity index (χ3v) is 12.0. The summed E-state index contributed by atoms with van der Waals surface area (Å²) in [5.41, 5.74) is 7.73. The van der Waals surface area contributed by atoms with Gasteiger partial charge in [-0.3, -0.25) is 14.6 Å². The number of hydrogen-bond acceptors (Lipinski definition) is 8. The number of nitriles is 2. The van der Waals surface area contributed by atoms with Crippen molar-refractivity contribution in [1.82, 2.24) is 19.8 Å². The molecule has 4 aliphatic carbocycles. The van der Waals surface area contributed by atoms with Crippen molar-refractivity contribution in [2.24, 2.45) is 10.8 Å². The Balaban J connectivity index is 0.000000150. The van der Waals surface area contributed by atoms with Gasteiger partial charge in [0.25, 0.3) is 0 Å². The molecule has 47 heavy (non-hydrogen) atoms. The molecule has 0 atom stereocenters. The molecule has 2 aromatic rings. The normalized spacial score (nSPS) is 22.3. The molecule has 0 radical (unpaired) electrons. The summed E-state index contributed by atoms with van der Waals surface area (Å²) in [6, 6.07) is 8.07. The van der Waals surface area contributed by atoms with Crippen LogP contribution in [0.25, 0.3) is 17.5 Å². The van der Waals surface area contributed by atoms with Crippen molar-refractivity contribution in [1.29, 1.82) is 10.5 Å². The number of Topliss-reactive ketones (excluding diaryl/α,β-unsaturated/α-hetero) is 2. The van der Waals surface area contributed by atoms with Crippen LogP contribution < -0.4 is 0 Å². The lowest BCUT2D eigenvalue weighted by Crippen LogP contribution is -2.43. The highest BCUT2D eigenvalue weighted by atomic mass is 35.5. The van der Waals surface area contributed by atoms with Crippen molar-refractivity contribution < 1.29 is 9.59 Å². The van der Waals surface area contributed by atoms with Crippen LogP contribution in [0.5, 0.6) is 0 Å². The summed E-state index contributed by atoms with van der Waals surface area (Å²) < 4.78 is 0. The van der Waals surface area contributed by atoms with Crippen LogP contribution in [0.1, 0.15) is 92.2 Å². The molecular formula is C38H39ClN6O2. The number of ketones is 2. The first-order valence-electron chi connectivity index (χ1n) is 16.9. The molecule has 2 aromatic heterocycles. The molecule has 2 aliphatic heterocycles. The molecule has 8 nitrogen and oxygen atoms in total. The monoisotopic (exact) mass is 646 g/mol. The zero-order valence-electron chi connectivity index (χ0n) is 26.8. The number of likely N-dealkylation sites (tertiary alicyclic amines) is 2. The first-order valence-corrected chi connectivity index (χ1v) is 17.3. The average molecular weight is 647 g/mol. The van der Waals surface area contributed by atoms with Crippen LogP contribution in [0.2, 0.25) is 5.15 Å². The predicted octanol–water partition coefficient (Wildman–Crippen LogP) is 6.71. The van der Waals surface area contributed by atoms with Crippen LogP contribution in [0, 0.1) is 33.5 Å². The summed E-state index contributed by atoms with van der Waals surface area (Å²) in [5, 5.41) is 19.5. The minimum absolute atomic E-state index is 0.0860. The number of nitrogens with zero attached hydrogens (tertiary/aromatic N) is 6. The Labute approximate surface area is 281 Å². The lowest BCUT2D eigenvalue weighted by molar-refractivity contribution is -0.115. The van der Waals surface area contributed by atoms with Gasteiger partial charge in [0, 0.05) is 62.5 Å². The lowest BCUT2D eigenvalue weighted by Gasteiger charge is -2.49. The van der Waals surface area contributed by atoms with Crippen molar-refractivity contribution in [2.75, 3.05) is 26.2 Å². The summed E-state index contributed by atoms with van der Waals surface area (Å²) in [5.74, 6) is -0.194. The highest BCUT2D eigenvalue weighted by Gasteiger charge is 2.42. The van der Waals surface area contributed by atoms with Crippen molar-refractivity contribution in [3.05, 3.63) is 75.4 Å². The van der Waals surface area contributed by atoms with Crippen LogP contribution in [-0.4, -0.2) is 57.5 Å². The molecule has 0 amide bonds. The first-order chi connectivity index (χ1) is 22.8. The summed E-state index contributed by atoms with van der Waals surface area (Å²) >= 11 is 6.07. The molecule has 2 saturated heterocycles. The molecule has 2 spiro atoms. The standard InChI is InChI=1S/C20H21N3O.C18H18ClN3O/c1-2-15-11-16-14(13-22-15)10-18(24)17(12-21)19(16)23-8-6-20(7-9-23)4-3-5-20;19-16-9-13-12(11-21-16)8-15(23)14(10-20)17(13)22-6-4-18(5-7-22)2-1-3-18/h2,11,13H,1,3-10H2;9,11H,1-8H2. The Morgan fingerprint density at radius 3 is 1.57 bits per heavy atom. The van der Waals surface area contributed by atoms with E-state index >= 15 is 0 Å². The van der Waals surface area contributed by atoms with Crippen LogP contribution in [0.3, 0.4) is 0 Å². The minimum atomic E-state index is -0.108. The molecule has 0 unspecified atom stereocenters. The highest BCUT2D eigenvalue weighted by molar-refractivity contribution is 6.29. The van der Waals surface area contributed by atoms with Crippen molar-refractivity contribution in [2.45, 2.75) is 77.0 Å². The number of halogens is 1. The number of carbonyl (C=O) groups excluding carboxylic acids is 2. The lowest BCUT2D eigenvalue weighted by atomic mass is 9.63. The van der Waals surface area contributed by atoms with Gasteiger partial charge in [-0.15, -0.1) is 0 Å². The topological polar surface area (TPSA) is 114 Å². The third kappa shape index (κ3) is 5.68. The Bertz CT molecular complexity index is 1800. The van der Waals surface area contributed by atoms with Crippen LogP contribution >= 0.6 is 11.6 Å². The Kier molecular flexibility index (Phi) is 8.26. The molecule has 0 N–H and O–H groups in total. The molecule has 6 aliphatic rings. The number of pyridine rings is 2. The molecule has 2 saturated carbocycles. The summed E-state index contributed by atoms with van der Waals surface area (Å²) in [6.07, 6.45) is 18.3. The second-order valence-electron chi connectivity index (χ2n) is 14.2. The SMILES string of the molecule is C=Cc1cc2c(cn1)CC(=O)C(C#N)=C2N1CCC2(CCC2)CC1.N#CC1=C(N2CCC3(CCC3)CC2)c2cc(Cl)ncc2CC1=O. The number of allylic oxidation sites excluding steroid dienone is 2. The van der Waals surface area contributed by atoms with Gasteiger partial charge in [0.15, 0.2) is 11.6 Å². The summed E-state index contributed by atoms with van der Waals surface area (Å²) in [7, 11) is 0. The van der Waals surface area contributed by atoms with Gasteiger partial charge < -0.3 is 9.80 Å². The van der Waals surface area contributed by atoms with Crippen LogP contribution in [-0.2, 0) is 22.4 Å². The van der Waals surface area contributed by atoms with E-state index in [1.165, 1.54) is 38.5 Å². The molecule has 4 heterocycles.